The van der Waals surface area contributed by atoms with Crippen LogP contribution in [0.15, 0.2) is 67.4 Å². The maximum absolute atomic E-state index is 12.3. The SMILES string of the molecule is O=C(Nc1cnn(-c2ncccn2)c1)Nc1cccc2cccnc12. The number of aromatic nitrogens is 5. The highest BCUT2D eigenvalue weighted by atomic mass is 16.2. The first kappa shape index (κ1) is 14.8. The molecule has 2 N–H and O–H groups in total. The predicted molar refractivity (Wildman–Crippen MR) is 93.5 cm³/mol. The van der Waals surface area contributed by atoms with Gasteiger partial charge in [-0.25, -0.2) is 19.4 Å². The maximum atomic E-state index is 12.3. The summed E-state index contributed by atoms with van der Waals surface area (Å²) in [5.41, 5.74) is 1.89. The maximum Gasteiger partial charge on any atom is 0.323 e. The predicted octanol–water partition coefficient (Wildman–Crippen LogP) is 2.85. The summed E-state index contributed by atoms with van der Waals surface area (Å²) in [4.78, 5) is 24.8. The van der Waals surface area contributed by atoms with Crippen molar-refractivity contribution in [1.29, 1.82) is 0 Å². The molecular formula is C17H13N7O. The van der Waals surface area contributed by atoms with Crippen LogP contribution in [0.4, 0.5) is 16.2 Å². The molecule has 0 fully saturated rings. The van der Waals surface area contributed by atoms with Crippen LogP contribution in [0.1, 0.15) is 0 Å². The molecule has 8 nitrogen and oxygen atoms in total. The number of carbonyl (C=O) groups is 1. The average molecular weight is 331 g/mol. The van der Waals surface area contributed by atoms with Gasteiger partial charge in [0.15, 0.2) is 0 Å². The quantitative estimate of drug-likeness (QED) is 0.601. The Labute approximate surface area is 142 Å². The van der Waals surface area contributed by atoms with Crippen molar-refractivity contribution < 1.29 is 4.79 Å². The lowest BCUT2D eigenvalue weighted by Crippen LogP contribution is -2.19. The number of rotatable bonds is 3. The molecule has 4 rings (SSSR count). The highest BCUT2D eigenvalue weighted by molar-refractivity contribution is 6.04. The Morgan fingerprint density at radius 3 is 2.60 bits per heavy atom. The third kappa shape index (κ3) is 3.13. The van der Waals surface area contributed by atoms with Crippen LogP contribution >= 0.6 is 0 Å². The minimum absolute atomic E-state index is 0.383. The van der Waals surface area contributed by atoms with Gasteiger partial charge in [0.1, 0.15) is 0 Å². The first-order valence-corrected chi connectivity index (χ1v) is 7.53. The zero-order valence-corrected chi connectivity index (χ0v) is 13.0. The molecule has 8 heteroatoms. The molecule has 0 aliphatic carbocycles. The molecule has 0 aliphatic rings. The van der Waals surface area contributed by atoms with Crippen molar-refractivity contribution in [2.75, 3.05) is 10.6 Å². The summed E-state index contributed by atoms with van der Waals surface area (Å²) >= 11 is 0. The van der Waals surface area contributed by atoms with Crippen LogP contribution < -0.4 is 10.6 Å². The van der Waals surface area contributed by atoms with Crippen LogP contribution in [0.3, 0.4) is 0 Å². The third-order valence-electron chi connectivity index (χ3n) is 3.48. The summed E-state index contributed by atoms with van der Waals surface area (Å²) < 4.78 is 1.48. The second-order valence-corrected chi connectivity index (χ2v) is 5.18. The molecule has 3 aromatic heterocycles. The van der Waals surface area contributed by atoms with E-state index in [0.29, 0.717) is 17.3 Å². The molecule has 0 saturated heterocycles. The van der Waals surface area contributed by atoms with Gasteiger partial charge < -0.3 is 10.6 Å². The summed E-state index contributed by atoms with van der Waals surface area (Å²) in [6, 6.07) is 10.7. The van der Waals surface area contributed by atoms with Crippen molar-refractivity contribution in [2.24, 2.45) is 0 Å². The van der Waals surface area contributed by atoms with Gasteiger partial charge >= 0.3 is 6.03 Å². The van der Waals surface area contributed by atoms with E-state index in [4.69, 9.17) is 0 Å². The van der Waals surface area contributed by atoms with Crippen molar-refractivity contribution in [3.8, 4) is 5.95 Å². The van der Waals surface area contributed by atoms with E-state index in [1.807, 2.05) is 24.3 Å². The van der Waals surface area contributed by atoms with E-state index < -0.39 is 0 Å². The van der Waals surface area contributed by atoms with Crippen LogP contribution in [0.25, 0.3) is 16.9 Å². The number of nitrogens with zero attached hydrogens (tertiary/aromatic N) is 5. The second-order valence-electron chi connectivity index (χ2n) is 5.18. The first-order valence-electron chi connectivity index (χ1n) is 7.53. The highest BCUT2D eigenvalue weighted by Gasteiger charge is 2.09. The van der Waals surface area contributed by atoms with Gasteiger partial charge in [-0.05, 0) is 18.2 Å². The van der Waals surface area contributed by atoms with Crippen molar-refractivity contribution in [3.05, 3.63) is 67.4 Å². The zero-order chi connectivity index (χ0) is 17.1. The lowest BCUT2D eigenvalue weighted by Gasteiger charge is -2.08. The van der Waals surface area contributed by atoms with Gasteiger partial charge in [0.25, 0.3) is 0 Å². The van der Waals surface area contributed by atoms with Gasteiger partial charge in [0, 0.05) is 24.0 Å². The van der Waals surface area contributed by atoms with Gasteiger partial charge in [-0.15, -0.1) is 0 Å². The minimum atomic E-state index is -0.383. The third-order valence-corrected chi connectivity index (χ3v) is 3.48. The molecule has 1 aromatic carbocycles. The molecule has 2 amide bonds. The molecule has 0 atom stereocenters. The van der Waals surface area contributed by atoms with E-state index >= 15 is 0 Å². The van der Waals surface area contributed by atoms with Crippen LogP contribution in [0.5, 0.6) is 0 Å². The lowest BCUT2D eigenvalue weighted by atomic mass is 10.2. The molecule has 122 valence electrons. The molecule has 0 spiro atoms. The fourth-order valence-corrected chi connectivity index (χ4v) is 2.40. The average Bonchev–Trinajstić information content (AvgIpc) is 3.11. The van der Waals surface area contributed by atoms with Crippen molar-refractivity contribution in [1.82, 2.24) is 24.7 Å². The summed E-state index contributed by atoms with van der Waals surface area (Å²) in [6.07, 6.45) is 8.09. The number of carbonyl (C=O) groups excluding carboxylic acids is 1. The van der Waals surface area contributed by atoms with Crippen molar-refractivity contribution in [3.63, 3.8) is 0 Å². The topological polar surface area (TPSA) is 97.6 Å². The Morgan fingerprint density at radius 2 is 1.72 bits per heavy atom. The Bertz CT molecular complexity index is 1020. The Hall–Kier alpha value is -3.81. The molecule has 0 aliphatic heterocycles. The highest BCUT2D eigenvalue weighted by Crippen LogP contribution is 2.20. The number of hydrogen-bond acceptors (Lipinski definition) is 5. The number of urea groups is 1. The summed E-state index contributed by atoms with van der Waals surface area (Å²) in [6.45, 7) is 0. The van der Waals surface area contributed by atoms with E-state index in [0.717, 1.165) is 10.9 Å². The van der Waals surface area contributed by atoms with E-state index in [9.17, 15) is 4.79 Å². The van der Waals surface area contributed by atoms with Gasteiger partial charge in [-0.1, -0.05) is 18.2 Å². The smallest absolute Gasteiger partial charge is 0.306 e. The molecule has 3 heterocycles. The Kier molecular flexibility index (Phi) is 3.76. The number of benzene rings is 1. The zero-order valence-electron chi connectivity index (χ0n) is 13.0. The van der Waals surface area contributed by atoms with Crippen LogP contribution in [-0.4, -0.2) is 30.8 Å². The number of anilines is 2. The normalized spacial score (nSPS) is 10.6. The standard InChI is InChI=1S/C17H13N7O/c25-17(23-14-6-1-4-12-5-2-7-18-15(12)14)22-13-10-21-24(11-13)16-19-8-3-9-20-16/h1-11H,(H2,22,23,25). The summed E-state index contributed by atoms with van der Waals surface area (Å²) in [5.74, 6) is 0.425. The van der Waals surface area contributed by atoms with Crippen molar-refractivity contribution >= 4 is 28.3 Å². The van der Waals surface area contributed by atoms with Crippen LogP contribution in [0, 0.1) is 0 Å². The van der Waals surface area contributed by atoms with Gasteiger partial charge in [-0.2, -0.15) is 5.10 Å². The molecule has 0 radical (unpaired) electrons. The van der Waals surface area contributed by atoms with E-state index in [2.05, 4.69) is 30.7 Å². The first-order chi connectivity index (χ1) is 12.3. The Balaban J connectivity index is 1.50. The number of amides is 2. The molecule has 0 saturated carbocycles. The number of pyridine rings is 1. The van der Waals surface area contributed by atoms with Gasteiger partial charge in [-0.3, -0.25) is 4.98 Å². The van der Waals surface area contributed by atoms with E-state index in [1.54, 1.807) is 36.9 Å². The number of nitrogens with one attached hydrogen (secondary N) is 2. The molecule has 25 heavy (non-hydrogen) atoms. The summed E-state index contributed by atoms with van der Waals surface area (Å²) in [7, 11) is 0. The molecule has 0 unspecified atom stereocenters. The summed E-state index contributed by atoms with van der Waals surface area (Å²) in [5, 5.41) is 10.6. The van der Waals surface area contributed by atoms with E-state index in [1.165, 1.54) is 10.9 Å². The minimum Gasteiger partial charge on any atom is -0.306 e. The molecule has 0 bridgehead atoms. The number of fused-ring (bicyclic) bond motifs is 1. The fraction of sp³-hybridized carbons (Fsp3) is 0. The lowest BCUT2D eigenvalue weighted by molar-refractivity contribution is 0.262. The monoisotopic (exact) mass is 331 g/mol. The van der Waals surface area contributed by atoms with Gasteiger partial charge in [0.05, 0.1) is 29.3 Å². The Morgan fingerprint density at radius 1 is 0.920 bits per heavy atom. The fourth-order valence-electron chi connectivity index (χ4n) is 2.40. The second kappa shape index (κ2) is 6.36. The van der Waals surface area contributed by atoms with Crippen molar-refractivity contribution in [2.45, 2.75) is 0 Å². The number of para-hydroxylation sites is 1. The van der Waals surface area contributed by atoms with Crippen LogP contribution in [0.2, 0.25) is 0 Å². The van der Waals surface area contributed by atoms with Gasteiger partial charge in [0.2, 0.25) is 5.95 Å². The van der Waals surface area contributed by atoms with Crippen LogP contribution in [-0.2, 0) is 0 Å². The number of hydrogen-bond donors (Lipinski definition) is 2. The largest absolute Gasteiger partial charge is 0.323 e. The van der Waals surface area contributed by atoms with E-state index in [-0.39, 0.29) is 6.03 Å². The molecular weight excluding hydrogens is 318 g/mol. The molecule has 4 aromatic rings.